The second-order valence-electron chi connectivity index (χ2n) is 10.9. The molecule has 0 amide bonds. The number of rotatable bonds is 6. The van der Waals surface area contributed by atoms with Crippen LogP contribution < -0.4 is 20.9 Å². The van der Waals surface area contributed by atoms with Gasteiger partial charge < -0.3 is 20.9 Å². The van der Waals surface area contributed by atoms with Crippen LogP contribution in [0.3, 0.4) is 0 Å². The Bertz CT molecular complexity index is 1320. The second kappa shape index (κ2) is 10.8. The van der Waals surface area contributed by atoms with Crippen LogP contribution in [-0.2, 0) is 0 Å². The van der Waals surface area contributed by atoms with Crippen LogP contribution in [-0.4, -0.2) is 0 Å². The molecule has 1 fully saturated rings. The van der Waals surface area contributed by atoms with E-state index < -0.39 is 0 Å². The maximum atomic E-state index is 6.19. The van der Waals surface area contributed by atoms with Crippen molar-refractivity contribution in [2.24, 2.45) is 0 Å². The highest BCUT2D eigenvalue weighted by Gasteiger charge is 2.27. The molecule has 0 heterocycles. The number of ether oxygens (including phenoxy) is 2. The van der Waals surface area contributed by atoms with Crippen molar-refractivity contribution in [3.8, 4) is 23.0 Å². The Labute approximate surface area is 226 Å². The molecule has 2 unspecified atom stereocenters. The van der Waals surface area contributed by atoms with Crippen molar-refractivity contribution < 1.29 is 9.47 Å². The zero-order chi connectivity index (χ0) is 26.8. The Morgan fingerprint density at radius 3 is 1.34 bits per heavy atom. The number of aryl methyl sites for hydroxylation is 4. The van der Waals surface area contributed by atoms with Crippen molar-refractivity contribution in [2.75, 3.05) is 11.5 Å². The smallest absolute Gasteiger partial charge is 0.130 e. The quantitative estimate of drug-likeness (QED) is 0.256. The van der Waals surface area contributed by atoms with Crippen molar-refractivity contribution in [1.29, 1.82) is 0 Å². The molecule has 4 nitrogen and oxygen atoms in total. The van der Waals surface area contributed by atoms with Gasteiger partial charge in [-0.25, -0.2) is 0 Å². The van der Waals surface area contributed by atoms with Crippen LogP contribution in [0.1, 0.15) is 70.9 Å². The highest BCUT2D eigenvalue weighted by molar-refractivity contribution is 5.49. The standard InChI is InChI=1S/C34H38N2O2/c1-21-18-33(37-29-12-8-27(35)9-13-29)23(3)16-31(21)25-6-5-7-26(20-25)32-17-24(4)34(19-22(32)2)38-30-14-10-28(36)11-15-30/h8-19,25-26H,5-7,20,35-36H2,1-4H3. The predicted molar refractivity (Wildman–Crippen MR) is 158 cm³/mol. The molecule has 0 aromatic heterocycles. The number of hydrogen-bond donors (Lipinski definition) is 2. The summed E-state index contributed by atoms with van der Waals surface area (Å²) in [4.78, 5) is 0. The fourth-order valence-corrected chi connectivity index (χ4v) is 5.80. The molecule has 0 bridgehead atoms. The van der Waals surface area contributed by atoms with Gasteiger partial charge in [0, 0.05) is 11.4 Å². The maximum absolute atomic E-state index is 6.19. The SMILES string of the molecule is Cc1cc(C2CCCC(c3cc(C)c(Oc4ccc(N)cc4)cc3C)C2)c(C)cc1Oc1ccc(N)cc1. The molecule has 4 aromatic carbocycles. The lowest BCUT2D eigenvalue weighted by Gasteiger charge is -2.32. The molecule has 5 rings (SSSR count). The van der Waals surface area contributed by atoms with Crippen molar-refractivity contribution in [1.82, 2.24) is 0 Å². The van der Waals surface area contributed by atoms with E-state index >= 15 is 0 Å². The summed E-state index contributed by atoms with van der Waals surface area (Å²) >= 11 is 0. The van der Waals surface area contributed by atoms with Gasteiger partial charge in [0.2, 0.25) is 0 Å². The van der Waals surface area contributed by atoms with Crippen molar-refractivity contribution in [2.45, 2.75) is 65.2 Å². The Morgan fingerprint density at radius 1 is 0.553 bits per heavy atom. The summed E-state index contributed by atoms with van der Waals surface area (Å²) in [5, 5.41) is 0. The average molecular weight is 507 g/mol. The Hall–Kier alpha value is -3.92. The summed E-state index contributed by atoms with van der Waals surface area (Å²) in [6, 6.07) is 24.2. The lowest BCUT2D eigenvalue weighted by molar-refractivity contribution is 0.391. The molecule has 0 aliphatic heterocycles. The van der Waals surface area contributed by atoms with Crippen LogP contribution in [0, 0.1) is 27.7 Å². The number of anilines is 2. The minimum Gasteiger partial charge on any atom is -0.457 e. The van der Waals surface area contributed by atoms with E-state index in [1.54, 1.807) is 0 Å². The topological polar surface area (TPSA) is 70.5 Å². The molecule has 0 saturated heterocycles. The van der Waals surface area contributed by atoms with Crippen LogP contribution >= 0.6 is 0 Å². The maximum Gasteiger partial charge on any atom is 0.130 e. The normalized spacial score (nSPS) is 17.3. The van der Waals surface area contributed by atoms with E-state index in [-0.39, 0.29) is 0 Å². The van der Waals surface area contributed by atoms with Gasteiger partial charge in [0.1, 0.15) is 23.0 Å². The van der Waals surface area contributed by atoms with Gasteiger partial charge in [-0.3, -0.25) is 0 Å². The van der Waals surface area contributed by atoms with Gasteiger partial charge in [0.15, 0.2) is 0 Å². The van der Waals surface area contributed by atoms with Gasteiger partial charge >= 0.3 is 0 Å². The van der Waals surface area contributed by atoms with Crippen LogP contribution in [0.4, 0.5) is 11.4 Å². The first-order valence-electron chi connectivity index (χ1n) is 13.6. The van der Waals surface area contributed by atoms with Gasteiger partial charge in [0.05, 0.1) is 0 Å². The molecule has 0 spiro atoms. The van der Waals surface area contributed by atoms with E-state index in [0.29, 0.717) is 11.8 Å². The molecule has 0 radical (unpaired) electrons. The molecule has 1 saturated carbocycles. The van der Waals surface area contributed by atoms with E-state index in [1.165, 1.54) is 52.6 Å². The summed E-state index contributed by atoms with van der Waals surface area (Å²) in [5.74, 6) is 4.52. The predicted octanol–water partition coefficient (Wildman–Crippen LogP) is 9.11. The van der Waals surface area contributed by atoms with Gasteiger partial charge in [-0.2, -0.15) is 0 Å². The lowest BCUT2D eigenvalue weighted by atomic mass is 9.73. The summed E-state index contributed by atoms with van der Waals surface area (Å²) in [6.07, 6.45) is 4.85. The number of benzene rings is 4. The first kappa shape index (κ1) is 25.7. The van der Waals surface area contributed by atoms with E-state index in [9.17, 15) is 0 Å². The molecular weight excluding hydrogens is 468 g/mol. The second-order valence-corrected chi connectivity index (χ2v) is 10.9. The van der Waals surface area contributed by atoms with Crippen molar-refractivity contribution >= 4 is 11.4 Å². The summed E-state index contributed by atoms with van der Waals surface area (Å²) in [6.45, 7) is 8.71. The zero-order valence-electron chi connectivity index (χ0n) is 22.9. The third kappa shape index (κ3) is 5.65. The lowest BCUT2D eigenvalue weighted by Crippen LogP contribution is -2.15. The summed E-state index contributed by atoms with van der Waals surface area (Å²) < 4.78 is 12.4. The molecule has 2 atom stereocenters. The van der Waals surface area contributed by atoms with Gasteiger partial charge in [-0.15, -0.1) is 0 Å². The van der Waals surface area contributed by atoms with Gasteiger partial charge in [0.25, 0.3) is 0 Å². The number of hydrogen-bond acceptors (Lipinski definition) is 4. The minimum atomic E-state index is 0.545. The van der Waals surface area contributed by atoms with Crippen LogP contribution in [0.5, 0.6) is 23.0 Å². The third-order valence-electron chi connectivity index (χ3n) is 7.90. The van der Waals surface area contributed by atoms with E-state index in [2.05, 4.69) is 52.0 Å². The molecular formula is C34H38N2O2. The van der Waals surface area contributed by atoms with Crippen LogP contribution in [0.25, 0.3) is 0 Å². The van der Waals surface area contributed by atoms with Crippen LogP contribution in [0.15, 0.2) is 72.8 Å². The van der Waals surface area contributed by atoms with E-state index in [4.69, 9.17) is 20.9 Å². The highest BCUT2D eigenvalue weighted by Crippen LogP contribution is 2.45. The van der Waals surface area contributed by atoms with E-state index in [1.807, 2.05) is 48.5 Å². The largest absolute Gasteiger partial charge is 0.457 e. The summed E-state index contributed by atoms with van der Waals surface area (Å²) in [7, 11) is 0. The van der Waals surface area contributed by atoms with E-state index in [0.717, 1.165) is 40.8 Å². The summed E-state index contributed by atoms with van der Waals surface area (Å²) in [5.41, 5.74) is 21.0. The minimum absolute atomic E-state index is 0.545. The van der Waals surface area contributed by atoms with Gasteiger partial charge in [-0.05, 0) is 153 Å². The molecule has 4 aromatic rings. The molecule has 1 aliphatic carbocycles. The first-order chi connectivity index (χ1) is 18.3. The van der Waals surface area contributed by atoms with Crippen molar-refractivity contribution in [3.05, 3.63) is 106 Å². The number of nitrogens with two attached hydrogens (primary N) is 2. The molecule has 38 heavy (non-hydrogen) atoms. The molecule has 1 aliphatic rings. The Morgan fingerprint density at radius 2 is 0.947 bits per heavy atom. The fourth-order valence-electron chi connectivity index (χ4n) is 5.80. The van der Waals surface area contributed by atoms with Crippen molar-refractivity contribution in [3.63, 3.8) is 0 Å². The van der Waals surface area contributed by atoms with Gasteiger partial charge in [-0.1, -0.05) is 18.6 Å². The first-order valence-corrected chi connectivity index (χ1v) is 13.6. The molecule has 4 N–H and O–H groups in total. The van der Waals surface area contributed by atoms with Crippen LogP contribution in [0.2, 0.25) is 0 Å². The molecule has 4 heteroatoms. The monoisotopic (exact) mass is 506 g/mol. The zero-order valence-corrected chi connectivity index (χ0v) is 22.9. The molecule has 196 valence electrons. The Kier molecular flexibility index (Phi) is 7.33. The fraction of sp³-hybridized carbons (Fsp3) is 0.294. The number of nitrogen functional groups attached to an aromatic ring is 2. The highest BCUT2D eigenvalue weighted by atomic mass is 16.5. The third-order valence-corrected chi connectivity index (χ3v) is 7.90. The average Bonchev–Trinajstić information content (AvgIpc) is 2.90. The Balaban J connectivity index is 1.34.